The van der Waals surface area contributed by atoms with Gasteiger partial charge in [0.2, 0.25) is 5.91 Å². The maximum absolute atomic E-state index is 14.2. The number of nitrogens with zero attached hydrogens (tertiary/aromatic N) is 1. The minimum Gasteiger partial charge on any atom is -0.443 e. The molecule has 1 aromatic rings. The molecule has 114 valence electrons. The van der Waals surface area contributed by atoms with E-state index in [1.165, 1.54) is 6.07 Å². The highest BCUT2D eigenvalue weighted by molar-refractivity contribution is 9.10. The van der Waals surface area contributed by atoms with Gasteiger partial charge >= 0.3 is 6.09 Å². The first kappa shape index (κ1) is 15.9. The van der Waals surface area contributed by atoms with Gasteiger partial charge in [0.25, 0.3) is 0 Å². The lowest BCUT2D eigenvalue weighted by Crippen LogP contribution is -2.43. The number of hydrogen-bond donors (Lipinski definition) is 0. The highest BCUT2D eigenvalue weighted by Crippen LogP contribution is 2.44. The number of carbonyl (C=O) groups excluding carboxylic acids is 2. The summed E-state index contributed by atoms with van der Waals surface area (Å²) < 4.78 is 19.9. The predicted molar refractivity (Wildman–Crippen MR) is 80.8 cm³/mol. The summed E-state index contributed by atoms with van der Waals surface area (Å²) in [6.45, 7) is 8.31. The summed E-state index contributed by atoms with van der Waals surface area (Å²) in [4.78, 5) is 25.7. The number of imide groups is 1. The van der Waals surface area contributed by atoms with Crippen molar-refractivity contribution in [2.75, 3.05) is 4.90 Å². The molecule has 4 nitrogen and oxygen atoms in total. The Morgan fingerprint density at radius 1 is 1.33 bits per heavy atom. The molecule has 0 radical (unpaired) electrons. The van der Waals surface area contributed by atoms with E-state index in [4.69, 9.17) is 4.74 Å². The topological polar surface area (TPSA) is 46.6 Å². The van der Waals surface area contributed by atoms with Crippen LogP contribution in [0, 0.1) is 5.82 Å². The van der Waals surface area contributed by atoms with E-state index in [1.807, 2.05) is 0 Å². The molecule has 0 aromatic heterocycles. The molecule has 0 unspecified atom stereocenters. The molecule has 0 saturated carbocycles. The summed E-state index contributed by atoms with van der Waals surface area (Å²) in [7, 11) is 0. The SMILES string of the molecule is CC(C)(C)OC(=O)N1C(=O)C(C)(C)c2c(F)cc(Br)cc21. The molecule has 2 amide bonds. The van der Waals surface area contributed by atoms with Gasteiger partial charge in [-0.15, -0.1) is 0 Å². The zero-order valence-electron chi connectivity index (χ0n) is 12.6. The molecule has 0 saturated heterocycles. The molecule has 1 aromatic carbocycles. The van der Waals surface area contributed by atoms with E-state index in [2.05, 4.69) is 15.9 Å². The smallest absolute Gasteiger partial charge is 0.421 e. The van der Waals surface area contributed by atoms with Gasteiger partial charge in [0, 0.05) is 10.0 Å². The van der Waals surface area contributed by atoms with Gasteiger partial charge in [0.15, 0.2) is 0 Å². The van der Waals surface area contributed by atoms with E-state index >= 15 is 0 Å². The Labute approximate surface area is 131 Å². The Morgan fingerprint density at radius 3 is 2.43 bits per heavy atom. The highest BCUT2D eigenvalue weighted by atomic mass is 79.9. The van der Waals surface area contributed by atoms with Crippen LogP contribution in [-0.4, -0.2) is 17.6 Å². The highest BCUT2D eigenvalue weighted by Gasteiger charge is 2.49. The van der Waals surface area contributed by atoms with Crippen LogP contribution in [0.25, 0.3) is 0 Å². The average molecular weight is 358 g/mol. The molecular weight excluding hydrogens is 341 g/mol. The van der Waals surface area contributed by atoms with Crippen molar-refractivity contribution in [3.63, 3.8) is 0 Å². The molecule has 1 heterocycles. The maximum atomic E-state index is 14.2. The normalized spacial score (nSPS) is 16.9. The second-order valence-electron chi connectivity index (χ2n) is 6.53. The van der Waals surface area contributed by atoms with Gasteiger partial charge in [-0.1, -0.05) is 15.9 Å². The molecule has 21 heavy (non-hydrogen) atoms. The third-order valence-corrected chi connectivity index (χ3v) is 3.67. The van der Waals surface area contributed by atoms with Crippen molar-refractivity contribution in [1.82, 2.24) is 0 Å². The minimum atomic E-state index is -1.11. The molecular formula is C15H17BrFNO3. The molecule has 0 bridgehead atoms. The molecule has 0 spiro atoms. The van der Waals surface area contributed by atoms with Gasteiger partial charge in [0.05, 0.1) is 11.1 Å². The molecule has 1 aliphatic rings. The van der Waals surface area contributed by atoms with Crippen LogP contribution >= 0.6 is 15.9 Å². The third-order valence-electron chi connectivity index (χ3n) is 3.21. The van der Waals surface area contributed by atoms with Crippen LogP contribution in [0.4, 0.5) is 14.9 Å². The van der Waals surface area contributed by atoms with Crippen molar-refractivity contribution in [3.8, 4) is 0 Å². The van der Waals surface area contributed by atoms with Crippen molar-refractivity contribution < 1.29 is 18.7 Å². The fraction of sp³-hybridized carbons (Fsp3) is 0.467. The van der Waals surface area contributed by atoms with E-state index in [-0.39, 0.29) is 11.3 Å². The molecule has 0 N–H and O–H groups in total. The van der Waals surface area contributed by atoms with Gasteiger partial charge in [0.1, 0.15) is 11.4 Å². The van der Waals surface area contributed by atoms with Gasteiger partial charge in [-0.2, -0.15) is 0 Å². The van der Waals surface area contributed by atoms with Crippen LogP contribution in [-0.2, 0) is 14.9 Å². The van der Waals surface area contributed by atoms with Gasteiger partial charge in [-0.3, -0.25) is 4.79 Å². The monoisotopic (exact) mass is 357 g/mol. The van der Waals surface area contributed by atoms with Gasteiger partial charge < -0.3 is 4.74 Å². The number of ether oxygens (including phenoxy) is 1. The standard InChI is InChI=1S/C15H17BrFNO3/c1-14(2,3)21-13(20)18-10-7-8(16)6-9(17)11(10)15(4,5)12(18)19/h6-7H,1-5H3. The molecule has 0 aliphatic carbocycles. The molecule has 0 fully saturated rings. The number of halogens is 2. The van der Waals surface area contributed by atoms with Crippen LogP contribution in [0.2, 0.25) is 0 Å². The zero-order chi connectivity index (χ0) is 16.2. The molecule has 1 aliphatic heterocycles. The summed E-state index contributed by atoms with van der Waals surface area (Å²) in [6, 6.07) is 2.83. The number of fused-ring (bicyclic) bond motifs is 1. The number of carbonyl (C=O) groups is 2. The first-order valence-electron chi connectivity index (χ1n) is 6.52. The van der Waals surface area contributed by atoms with E-state index < -0.39 is 28.8 Å². The largest absolute Gasteiger partial charge is 0.443 e. The molecule has 2 rings (SSSR count). The van der Waals surface area contributed by atoms with E-state index in [9.17, 15) is 14.0 Å². The number of hydrogen-bond acceptors (Lipinski definition) is 3. The summed E-state index contributed by atoms with van der Waals surface area (Å²) in [5.74, 6) is -1.02. The summed E-state index contributed by atoms with van der Waals surface area (Å²) in [5.41, 5.74) is -1.42. The van der Waals surface area contributed by atoms with E-state index in [0.29, 0.717) is 4.47 Å². The lowest BCUT2D eigenvalue weighted by atomic mass is 9.86. The third kappa shape index (κ3) is 2.69. The quantitative estimate of drug-likeness (QED) is 0.700. The summed E-state index contributed by atoms with van der Waals surface area (Å²) >= 11 is 3.18. The lowest BCUT2D eigenvalue weighted by molar-refractivity contribution is -0.121. The number of amides is 2. The van der Waals surface area contributed by atoms with Crippen molar-refractivity contribution in [2.45, 2.75) is 45.6 Å². The van der Waals surface area contributed by atoms with Crippen molar-refractivity contribution in [1.29, 1.82) is 0 Å². The lowest BCUT2D eigenvalue weighted by Gasteiger charge is -2.24. The number of anilines is 1. The molecule has 0 atom stereocenters. The fourth-order valence-electron chi connectivity index (χ4n) is 2.34. The number of rotatable bonds is 0. The minimum absolute atomic E-state index is 0.210. The van der Waals surface area contributed by atoms with Gasteiger partial charge in [-0.05, 0) is 46.8 Å². The van der Waals surface area contributed by atoms with Crippen LogP contribution in [0.5, 0.6) is 0 Å². The van der Waals surface area contributed by atoms with Crippen LogP contribution in [0.15, 0.2) is 16.6 Å². The maximum Gasteiger partial charge on any atom is 0.421 e. The zero-order valence-corrected chi connectivity index (χ0v) is 14.2. The van der Waals surface area contributed by atoms with Crippen LogP contribution < -0.4 is 4.90 Å². The van der Waals surface area contributed by atoms with Crippen molar-refractivity contribution in [3.05, 3.63) is 28.0 Å². The van der Waals surface area contributed by atoms with Gasteiger partial charge in [-0.25, -0.2) is 14.1 Å². The van der Waals surface area contributed by atoms with Crippen LogP contribution in [0.3, 0.4) is 0 Å². The Morgan fingerprint density at radius 2 is 1.90 bits per heavy atom. The van der Waals surface area contributed by atoms with Crippen LogP contribution in [0.1, 0.15) is 40.2 Å². The average Bonchev–Trinajstić information content (AvgIpc) is 2.43. The Kier molecular flexibility index (Phi) is 3.64. The van der Waals surface area contributed by atoms with Crippen molar-refractivity contribution in [2.24, 2.45) is 0 Å². The number of benzene rings is 1. The second kappa shape index (κ2) is 4.80. The predicted octanol–water partition coefficient (Wildman–Crippen LogP) is 4.15. The second-order valence-corrected chi connectivity index (χ2v) is 7.44. The summed E-state index contributed by atoms with van der Waals surface area (Å²) in [5, 5.41) is 0. The summed E-state index contributed by atoms with van der Waals surface area (Å²) in [6.07, 6.45) is -0.795. The van der Waals surface area contributed by atoms with E-state index in [0.717, 1.165) is 4.90 Å². The fourth-order valence-corrected chi connectivity index (χ4v) is 2.76. The first-order valence-corrected chi connectivity index (χ1v) is 7.31. The Bertz CT molecular complexity index is 635. The Hall–Kier alpha value is -1.43. The Balaban J connectivity index is 2.57. The molecule has 6 heteroatoms. The van der Waals surface area contributed by atoms with E-state index in [1.54, 1.807) is 40.7 Å². The van der Waals surface area contributed by atoms with Crippen molar-refractivity contribution >= 4 is 33.6 Å². The first-order chi connectivity index (χ1) is 9.45.